The second kappa shape index (κ2) is 1.19. The Kier molecular flexibility index (Phi) is 0.669. The van der Waals surface area contributed by atoms with E-state index < -0.39 is 0 Å². The van der Waals surface area contributed by atoms with Crippen LogP contribution in [0.2, 0.25) is 0 Å². The van der Waals surface area contributed by atoms with Gasteiger partial charge in [-0.1, -0.05) is 20.8 Å². The van der Waals surface area contributed by atoms with Gasteiger partial charge in [0.05, 0.1) is 0 Å². The van der Waals surface area contributed by atoms with E-state index in [9.17, 15) is 0 Å². The zero-order chi connectivity index (χ0) is 7.09. The molecule has 0 aliphatic heterocycles. The van der Waals surface area contributed by atoms with Crippen LogP contribution in [0, 0.1) is 35.0 Å². The van der Waals surface area contributed by atoms with E-state index in [-0.39, 0.29) is 0 Å². The van der Waals surface area contributed by atoms with Gasteiger partial charge in [-0.05, 0) is 41.4 Å². The predicted octanol–water partition coefficient (Wildman–Crippen LogP) is 2.54. The summed E-state index contributed by atoms with van der Waals surface area (Å²) in [5.74, 6) is 5.54. The molecule has 6 atom stereocenters. The first kappa shape index (κ1) is 5.62. The molecule has 0 heteroatoms. The van der Waals surface area contributed by atoms with Crippen molar-refractivity contribution in [2.45, 2.75) is 27.2 Å². The summed E-state index contributed by atoms with van der Waals surface area (Å²) < 4.78 is 0. The molecular formula is C10H16. The summed E-state index contributed by atoms with van der Waals surface area (Å²) in [6.07, 6.45) is 1.58. The molecule has 0 amide bonds. The highest BCUT2D eigenvalue weighted by molar-refractivity contribution is 5.29. The van der Waals surface area contributed by atoms with Crippen molar-refractivity contribution in [3.63, 3.8) is 0 Å². The fourth-order valence-electron chi connectivity index (χ4n) is 4.49. The second-order valence-corrected chi connectivity index (χ2v) is 4.89. The normalized spacial score (nSPS) is 76.5. The van der Waals surface area contributed by atoms with E-state index in [1.165, 1.54) is 5.92 Å². The number of hydrogen-bond acceptors (Lipinski definition) is 0. The van der Waals surface area contributed by atoms with Gasteiger partial charge in [-0.2, -0.15) is 0 Å². The van der Waals surface area contributed by atoms with E-state index in [0.29, 0.717) is 0 Å². The second-order valence-electron chi connectivity index (χ2n) is 4.89. The van der Waals surface area contributed by atoms with Crippen LogP contribution >= 0.6 is 0 Å². The molecule has 0 heterocycles. The lowest BCUT2D eigenvalue weighted by molar-refractivity contribution is -0.105. The molecule has 1 spiro atoms. The molecule has 0 aromatic rings. The average molecular weight is 136 g/mol. The summed E-state index contributed by atoms with van der Waals surface area (Å²) >= 11 is 0. The van der Waals surface area contributed by atoms with Crippen LogP contribution in [-0.2, 0) is 0 Å². The molecule has 0 N–H and O–H groups in total. The Hall–Kier alpha value is 0. The van der Waals surface area contributed by atoms with Crippen molar-refractivity contribution in [2.24, 2.45) is 35.0 Å². The van der Waals surface area contributed by atoms with E-state index in [1.807, 2.05) is 0 Å². The van der Waals surface area contributed by atoms with Gasteiger partial charge < -0.3 is 0 Å². The zero-order valence-corrected chi connectivity index (χ0v) is 7.09. The van der Waals surface area contributed by atoms with Crippen LogP contribution in [-0.4, -0.2) is 0 Å². The van der Waals surface area contributed by atoms with E-state index in [4.69, 9.17) is 0 Å². The molecule has 3 saturated carbocycles. The molecule has 0 nitrogen and oxygen atoms in total. The molecule has 3 rings (SSSR count). The third-order valence-electron chi connectivity index (χ3n) is 5.29. The molecular weight excluding hydrogens is 120 g/mol. The summed E-state index contributed by atoms with van der Waals surface area (Å²) in [6.45, 7) is 7.38. The van der Waals surface area contributed by atoms with Crippen molar-refractivity contribution in [1.29, 1.82) is 0 Å². The first-order chi connectivity index (χ1) is 4.70. The third kappa shape index (κ3) is 0.271. The number of hydrogen-bond donors (Lipinski definition) is 0. The molecule has 10 heavy (non-hydrogen) atoms. The minimum Gasteiger partial charge on any atom is -0.0619 e. The molecule has 0 bridgehead atoms. The minimum absolute atomic E-state index is 0.916. The van der Waals surface area contributed by atoms with E-state index in [1.54, 1.807) is 6.42 Å². The summed E-state index contributed by atoms with van der Waals surface area (Å²) in [7, 11) is 0. The van der Waals surface area contributed by atoms with Gasteiger partial charge >= 0.3 is 0 Å². The van der Waals surface area contributed by atoms with Gasteiger partial charge in [0.1, 0.15) is 0 Å². The minimum atomic E-state index is 0.916. The third-order valence-corrected chi connectivity index (χ3v) is 5.29. The standard InChI is InChI=1S/C10H16/c1-5-6(2)10-7(3)9(10)4-8(5)10/h5-9H,4H2,1-3H3. The zero-order valence-electron chi connectivity index (χ0n) is 7.09. The lowest BCUT2D eigenvalue weighted by Gasteiger charge is -2.58. The Morgan fingerprint density at radius 3 is 2.00 bits per heavy atom. The van der Waals surface area contributed by atoms with Gasteiger partial charge in [0, 0.05) is 0 Å². The van der Waals surface area contributed by atoms with Gasteiger partial charge in [0.15, 0.2) is 0 Å². The summed E-state index contributed by atoms with van der Waals surface area (Å²) in [5.41, 5.74) is 0.916. The van der Waals surface area contributed by atoms with Gasteiger partial charge in [0.2, 0.25) is 0 Å². The van der Waals surface area contributed by atoms with Crippen molar-refractivity contribution in [3.05, 3.63) is 0 Å². The topological polar surface area (TPSA) is 0 Å². The Bertz CT molecular complexity index is 182. The first-order valence-corrected chi connectivity index (χ1v) is 4.70. The van der Waals surface area contributed by atoms with Crippen LogP contribution in [0.5, 0.6) is 0 Å². The molecule has 3 aliphatic rings. The van der Waals surface area contributed by atoms with Crippen LogP contribution in [0.25, 0.3) is 0 Å². The fourth-order valence-corrected chi connectivity index (χ4v) is 4.49. The van der Waals surface area contributed by atoms with Crippen molar-refractivity contribution in [1.82, 2.24) is 0 Å². The highest BCUT2D eigenvalue weighted by Crippen LogP contribution is 2.87. The molecule has 3 aliphatic carbocycles. The van der Waals surface area contributed by atoms with Crippen molar-refractivity contribution in [2.75, 3.05) is 0 Å². The Balaban J connectivity index is 1.94. The van der Waals surface area contributed by atoms with E-state index >= 15 is 0 Å². The fraction of sp³-hybridized carbons (Fsp3) is 1.00. The molecule has 0 aromatic carbocycles. The van der Waals surface area contributed by atoms with E-state index in [2.05, 4.69) is 20.8 Å². The smallest absolute Gasteiger partial charge is 0.0178 e. The molecule has 6 unspecified atom stereocenters. The maximum atomic E-state index is 2.47. The summed E-state index contributed by atoms with van der Waals surface area (Å²) in [5, 5.41) is 0. The molecule has 3 fully saturated rings. The maximum absolute atomic E-state index is 2.47. The van der Waals surface area contributed by atoms with Crippen LogP contribution in [0.4, 0.5) is 0 Å². The van der Waals surface area contributed by atoms with Gasteiger partial charge in [-0.25, -0.2) is 0 Å². The lowest BCUT2D eigenvalue weighted by atomic mass is 9.46. The average Bonchev–Trinajstić information content (AvgIpc) is 2.34. The molecule has 0 aromatic heterocycles. The molecule has 56 valence electrons. The molecule has 0 radical (unpaired) electrons. The SMILES string of the molecule is CC1C(C)C23C(C)C2CC13. The largest absolute Gasteiger partial charge is 0.0619 e. The monoisotopic (exact) mass is 136 g/mol. The van der Waals surface area contributed by atoms with Crippen molar-refractivity contribution >= 4 is 0 Å². The number of rotatable bonds is 0. The van der Waals surface area contributed by atoms with Crippen LogP contribution in [0.3, 0.4) is 0 Å². The maximum Gasteiger partial charge on any atom is -0.0178 e. The Morgan fingerprint density at radius 1 is 1.00 bits per heavy atom. The van der Waals surface area contributed by atoms with Crippen molar-refractivity contribution in [3.8, 4) is 0 Å². The van der Waals surface area contributed by atoms with Crippen LogP contribution in [0.15, 0.2) is 0 Å². The van der Waals surface area contributed by atoms with Gasteiger partial charge in [0.25, 0.3) is 0 Å². The van der Waals surface area contributed by atoms with Crippen molar-refractivity contribution < 1.29 is 0 Å². The molecule has 0 saturated heterocycles. The highest BCUT2D eigenvalue weighted by Gasteiger charge is 2.82. The summed E-state index contributed by atoms with van der Waals surface area (Å²) in [4.78, 5) is 0. The van der Waals surface area contributed by atoms with Crippen LogP contribution < -0.4 is 0 Å². The quantitative estimate of drug-likeness (QED) is 0.480. The predicted molar refractivity (Wildman–Crippen MR) is 41.5 cm³/mol. The lowest BCUT2D eigenvalue weighted by Crippen LogP contribution is -2.53. The van der Waals surface area contributed by atoms with Gasteiger partial charge in [-0.3, -0.25) is 0 Å². The Morgan fingerprint density at radius 2 is 1.70 bits per heavy atom. The Labute approximate surface area is 63.0 Å². The first-order valence-electron chi connectivity index (χ1n) is 4.70. The summed E-state index contributed by atoms with van der Waals surface area (Å²) in [6, 6.07) is 0. The van der Waals surface area contributed by atoms with Gasteiger partial charge in [-0.15, -0.1) is 0 Å². The van der Waals surface area contributed by atoms with E-state index in [0.717, 1.165) is 29.1 Å². The highest BCUT2D eigenvalue weighted by atomic mass is 14.9. The van der Waals surface area contributed by atoms with Crippen LogP contribution in [0.1, 0.15) is 27.2 Å².